The molecule has 0 unspecified atom stereocenters. The van der Waals surface area contributed by atoms with E-state index in [1.165, 1.54) is 11.3 Å². The largest absolute Gasteiger partial charge is 0.325 e. The number of urea groups is 1. The number of benzene rings is 2. The average molecular weight is 400 g/mol. The fourth-order valence-electron chi connectivity index (χ4n) is 1.87. The standard InChI is InChI=1S/C15H9Cl3N4OS/c16-8-2-1-3-10(6-8)19-14(23)20-15-22-21-13(24-15)11-5-4-9(17)7-12(11)18/h1-7H,(H2,19,20,22,23). The highest BCUT2D eigenvalue weighted by Crippen LogP contribution is 2.33. The second-order valence-electron chi connectivity index (χ2n) is 4.63. The SMILES string of the molecule is O=C(Nc1cccc(Cl)c1)Nc1nnc(-c2ccc(Cl)cc2Cl)s1. The van der Waals surface area contributed by atoms with Crippen molar-refractivity contribution in [1.82, 2.24) is 10.2 Å². The lowest BCUT2D eigenvalue weighted by Crippen LogP contribution is -2.19. The fourth-order valence-corrected chi connectivity index (χ4v) is 3.39. The van der Waals surface area contributed by atoms with Gasteiger partial charge in [-0.3, -0.25) is 5.32 Å². The number of nitrogens with zero attached hydrogens (tertiary/aromatic N) is 2. The zero-order valence-electron chi connectivity index (χ0n) is 11.9. The number of rotatable bonds is 3. The third kappa shape index (κ3) is 4.15. The predicted molar refractivity (Wildman–Crippen MR) is 99.5 cm³/mol. The molecule has 0 fully saturated rings. The van der Waals surface area contributed by atoms with Crippen LogP contribution in [0.3, 0.4) is 0 Å². The summed E-state index contributed by atoms with van der Waals surface area (Å²) in [5.74, 6) is 0. The number of anilines is 2. The molecule has 0 atom stereocenters. The van der Waals surface area contributed by atoms with Crippen LogP contribution in [0.2, 0.25) is 15.1 Å². The molecule has 0 radical (unpaired) electrons. The monoisotopic (exact) mass is 398 g/mol. The maximum atomic E-state index is 12.0. The predicted octanol–water partition coefficient (Wildman–Crippen LogP) is 5.81. The molecule has 0 aliphatic rings. The smallest absolute Gasteiger partial charge is 0.308 e. The van der Waals surface area contributed by atoms with Gasteiger partial charge in [-0.05, 0) is 36.4 Å². The molecule has 0 saturated carbocycles. The van der Waals surface area contributed by atoms with Crippen LogP contribution in [-0.4, -0.2) is 16.2 Å². The number of carbonyl (C=O) groups is 1. The van der Waals surface area contributed by atoms with E-state index < -0.39 is 6.03 Å². The van der Waals surface area contributed by atoms with Gasteiger partial charge in [0.2, 0.25) is 5.13 Å². The van der Waals surface area contributed by atoms with Crippen LogP contribution in [0.1, 0.15) is 0 Å². The van der Waals surface area contributed by atoms with Gasteiger partial charge < -0.3 is 5.32 Å². The lowest BCUT2D eigenvalue weighted by molar-refractivity contribution is 0.262. The Kier molecular flexibility index (Phi) is 5.20. The Morgan fingerprint density at radius 2 is 1.75 bits per heavy atom. The highest BCUT2D eigenvalue weighted by Gasteiger charge is 2.12. The van der Waals surface area contributed by atoms with Crippen LogP contribution in [-0.2, 0) is 0 Å². The number of hydrogen-bond acceptors (Lipinski definition) is 4. The minimum absolute atomic E-state index is 0.343. The molecule has 1 heterocycles. The van der Waals surface area contributed by atoms with Crippen molar-refractivity contribution in [2.45, 2.75) is 0 Å². The van der Waals surface area contributed by atoms with Gasteiger partial charge in [0.1, 0.15) is 0 Å². The number of carbonyl (C=O) groups excluding carboxylic acids is 1. The quantitative estimate of drug-likeness (QED) is 0.584. The van der Waals surface area contributed by atoms with Gasteiger partial charge in [-0.1, -0.05) is 52.2 Å². The summed E-state index contributed by atoms with van der Waals surface area (Å²) in [6.07, 6.45) is 0. The average Bonchev–Trinajstić information content (AvgIpc) is 2.95. The van der Waals surface area contributed by atoms with E-state index in [0.29, 0.717) is 36.5 Å². The van der Waals surface area contributed by atoms with Crippen LogP contribution in [0.15, 0.2) is 42.5 Å². The molecule has 3 aromatic rings. The molecule has 0 spiro atoms. The second kappa shape index (κ2) is 7.36. The van der Waals surface area contributed by atoms with Crippen molar-refractivity contribution in [3.05, 3.63) is 57.5 Å². The molecule has 122 valence electrons. The molecule has 0 saturated heterocycles. The molecule has 24 heavy (non-hydrogen) atoms. The summed E-state index contributed by atoms with van der Waals surface area (Å²) in [6.45, 7) is 0. The van der Waals surface area contributed by atoms with Crippen LogP contribution in [0.5, 0.6) is 0 Å². The summed E-state index contributed by atoms with van der Waals surface area (Å²) in [4.78, 5) is 12.0. The Balaban J connectivity index is 1.70. The molecule has 3 rings (SSSR count). The number of hydrogen-bond donors (Lipinski definition) is 2. The maximum absolute atomic E-state index is 12.0. The lowest BCUT2D eigenvalue weighted by atomic mass is 10.2. The van der Waals surface area contributed by atoms with E-state index >= 15 is 0 Å². The van der Waals surface area contributed by atoms with E-state index in [-0.39, 0.29) is 0 Å². The van der Waals surface area contributed by atoms with Crippen LogP contribution in [0.25, 0.3) is 10.6 Å². The van der Waals surface area contributed by atoms with E-state index in [1.54, 1.807) is 42.5 Å². The number of nitrogens with one attached hydrogen (secondary N) is 2. The molecular weight excluding hydrogens is 391 g/mol. The van der Waals surface area contributed by atoms with Crippen molar-refractivity contribution in [1.29, 1.82) is 0 Å². The Morgan fingerprint density at radius 1 is 0.958 bits per heavy atom. The Morgan fingerprint density at radius 3 is 2.50 bits per heavy atom. The highest BCUT2D eigenvalue weighted by molar-refractivity contribution is 7.18. The molecule has 0 bridgehead atoms. The summed E-state index contributed by atoms with van der Waals surface area (Å²) in [5.41, 5.74) is 1.27. The van der Waals surface area contributed by atoms with Gasteiger partial charge in [0, 0.05) is 21.3 Å². The number of aromatic nitrogens is 2. The fraction of sp³-hybridized carbons (Fsp3) is 0. The number of halogens is 3. The molecule has 9 heteroatoms. The zero-order chi connectivity index (χ0) is 17.1. The molecule has 5 nitrogen and oxygen atoms in total. The van der Waals surface area contributed by atoms with Crippen molar-refractivity contribution in [3.8, 4) is 10.6 Å². The van der Waals surface area contributed by atoms with E-state index in [1.807, 2.05) is 0 Å². The van der Waals surface area contributed by atoms with E-state index in [0.717, 1.165) is 0 Å². The van der Waals surface area contributed by atoms with Gasteiger partial charge in [-0.2, -0.15) is 0 Å². The second-order valence-corrected chi connectivity index (χ2v) is 6.88. The first-order valence-electron chi connectivity index (χ1n) is 6.64. The van der Waals surface area contributed by atoms with Crippen LogP contribution < -0.4 is 10.6 Å². The first-order chi connectivity index (χ1) is 11.5. The van der Waals surface area contributed by atoms with Crippen molar-refractivity contribution in [3.63, 3.8) is 0 Å². The molecule has 0 aliphatic carbocycles. The molecular formula is C15H9Cl3N4OS. The van der Waals surface area contributed by atoms with Gasteiger partial charge in [-0.15, -0.1) is 10.2 Å². The molecule has 2 aromatic carbocycles. The molecule has 2 N–H and O–H groups in total. The normalized spacial score (nSPS) is 10.5. The Labute approximate surface area is 156 Å². The van der Waals surface area contributed by atoms with Gasteiger partial charge in [0.25, 0.3) is 0 Å². The van der Waals surface area contributed by atoms with Crippen LogP contribution in [0.4, 0.5) is 15.6 Å². The minimum atomic E-state index is -0.442. The first kappa shape index (κ1) is 17.0. The third-order valence-corrected chi connectivity index (χ3v) is 4.54. The van der Waals surface area contributed by atoms with Gasteiger partial charge in [-0.25, -0.2) is 4.79 Å². The third-order valence-electron chi connectivity index (χ3n) is 2.89. The minimum Gasteiger partial charge on any atom is -0.308 e. The Bertz CT molecular complexity index is 900. The summed E-state index contributed by atoms with van der Waals surface area (Å²) in [7, 11) is 0. The van der Waals surface area contributed by atoms with Gasteiger partial charge in [0.15, 0.2) is 5.01 Å². The van der Waals surface area contributed by atoms with Crippen molar-refractivity contribution < 1.29 is 4.79 Å². The van der Waals surface area contributed by atoms with Crippen LogP contribution >= 0.6 is 46.1 Å². The summed E-state index contributed by atoms with van der Waals surface area (Å²) >= 11 is 19.1. The van der Waals surface area contributed by atoms with E-state index in [9.17, 15) is 4.79 Å². The Hall–Kier alpha value is -1.86. The summed E-state index contributed by atoms with van der Waals surface area (Å²) in [5, 5.41) is 15.7. The maximum Gasteiger partial charge on any atom is 0.325 e. The van der Waals surface area contributed by atoms with E-state index in [4.69, 9.17) is 34.8 Å². The first-order valence-corrected chi connectivity index (χ1v) is 8.59. The number of amides is 2. The van der Waals surface area contributed by atoms with Crippen molar-refractivity contribution in [2.24, 2.45) is 0 Å². The van der Waals surface area contributed by atoms with Gasteiger partial charge >= 0.3 is 6.03 Å². The zero-order valence-corrected chi connectivity index (χ0v) is 15.0. The highest BCUT2D eigenvalue weighted by atomic mass is 35.5. The molecule has 2 amide bonds. The lowest BCUT2D eigenvalue weighted by Gasteiger charge is -2.05. The van der Waals surface area contributed by atoms with Crippen molar-refractivity contribution in [2.75, 3.05) is 10.6 Å². The van der Waals surface area contributed by atoms with E-state index in [2.05, 4.69) is 20.8 Å². The summed E-state index contributed by atoms with van der Waals surface area (Å²) < 4.78 is 0. The summed E-state index contributed by atoms with van der Waals surface area (Å²) in [6, 6.07) is 11.5. The van der Waals surface area contributed by atoms with Crippen molar-refractivity contribution >= 4 is 63.0 Å². The molecule has 0 aliphatic heterocycles. The van der Waals surface area contributed by atoms with Gasteiger partial charge in [0.05, 0.1) is 5.02 Å². The molecule has 1 aromatic heterocycles. The topological polar surface area (TPSA) is 66.9 Å². The van der Waals surface area contributed by atoms with Crippen LogP contribution in [0, 0.1) is 0 Å².